The van der Waals surface area contributed by atoms with Crippen molar-refractivity contribution in [3.05, 3.63) is 126 Å². The summed E-state index contributed by atoms with van der Waals surface area (Å²) in [6.07, 6.45) is 8.26. The SMILES string of the molecule is CCCCc1nc(-n2cccc2)c(C(=O)OCC)n1Cc1ccc(NC(=O)[C@H](Cc2ccccc2)n2cccc2C(=O)O)cc1. The van der Waals surface area contributed by atoms with Gasteiger partial charge in [-0.15, -0.1) is 0 Å². The molecule has 3 heterocycles. The Hall–Kier alpha value is -5.38. The Labute approximate surface area is 261 Å². The summed E-state index contributed by atoms with van der Waals surface area (Å²) in [6, 6.07) is 23.0. The van der Waals surface area contributed by atoms with Crippen molar-refractivity contribution in [2.45, 2.75) is 52.1 Å². The molecule has 3 aromatic heterocycles. The van der Waals surface area contributed by atoms with Crippen LogP contribution in [0.2, 0.25) is 0 Å². The molecule has 0 aliphatic carbocycles. The van der Waals surface area contributed by atoms with Gasteiger partial charge >= 0.3 is 11.9 Å². The molecular formula is C35H37N5O5. The lowest BCUT2D eigenvalue weighted by atomic mass is 10.0. The normalized spacial score (nSPS) is 11.7. The number of rotatable bonds is 14. The zero-order chi connectivity index (χ0) is 31.8. The van der Waals surface area contributed by atoms with Crippen LogP contribution >= 0.6 is 0 Å². The molecule has 45 heavy (non-hydrogen) atoms. The number of hydrogen-bond acceptors (Lipinski definition) is 5. The number of esters is 1. The van der Waals surface area contributed by atoms with Crippen LogP contribution < -0.4 is 5.32 Å². The number of aryl methyl sites for hydroxylation is 1. The highest BCUT2D eigenvalue weighted by atomic mass is 16.5. The average molecular weight is 608 g/mol. The minimum Gasteiger partial charge on any atom is -0.477 e. The fraction of sp³-hybridized carbons (Fsp3) is 0.257. The average Bonchev–Trinajstić information content (AvgIpc) is 3.81. The number of ether oxygens (including phenoxy) is 1. The molecule has 0 saturated carbocycles. The molecule has 232 valence electrons. The minimum atomic E-state index is -1.10. The van der Waals surface area contributed by atoms with Crippen molar-refractivity contribution in [3.63, 3.8) is 0 Å². The van der Waals surface area contributed by atoms with Gasteiger partial charge in [-0.25, -0.2) is 14.6 Å². The number of imidazole rings is 1. The van der Waals surface area contributed by atoms with Gasteiger partial charge in [-0.2, -0.15) is 0 Å². The summed E-state index contributed by atoms with van der Waals surface area (Å²) >= 11 is 0. The molecule has 2 N–H and O–H groups in total. The zero-order valence-electron chi connectivity index (χ0n) is 25.4. The topological polar surface area (TPSA) is 120 Å². The van der Waals surface area contributed by atoms with E-state index >= 15 is 0 Å². The number of carbonyl (C=O) groups excluding carboxylic acids is 2. The third kappa shape index (κ3) is 7.23. The Bertz CT molecular complexity index is 1740. The number of anilines is 1. The van der Waals surface area contributed by atoms with Gasteiger partial charge in [0.1, 0.15) is 17.6 Å². The number of nitrogens with one attached hydrogen (secondary N) is 1. The van der Waals surface area contributed by atoms with Gasteiger partial charge in [0, 0.05) is 43.7 Å². The van der Waals surface area contributed by atoms with Gasteiger partial charge in [-0.1, -0.05) is 55.8 Å². The number of nitrogens with zero attached hydrogens (tertiary/aromatic N) is 4. The quantitative estimate of drug-likeness (QED) is 0.146. The van der Waals surface area contributed by atoms with Gasteiger partial charge in [0.2, 0.25) is 5.91 Å². The van der Waals surface area contributed by atoms with Crippen LogP contribution in [-0.4, -0.2) is 48.2 Å². The molecule has 0 fully saturated rings. The molecule has 0 spiro atoms. The van der Waals surface area contributed by atoms with E-state index in [1.54, 1.807) is 31.3 Å². The third-order valence-electron chi connectivity index (χ3n) is 7.57. The van der Waals surface area contributed by atoms with Crippen molar-refractivity contribution in [3.8, 4) is 5.82 Å². The van der Waals surface area contributed by atoms with E-state index in [2.05, 4.69) is 12.2 Å². The molecule has 0 aliphatic heterocycles. The molecule has 0 unspecified atom stereocenters. The number of unbranched alkanes of at least 4 members (excludes halogenated alkanes) is 1. The monoisotopic (exact) mass is 607 g/mol. The largest absolute Gasteiger partial charge is 0.477 e. The van der Waals surface area contributed by atoms with Crippen LogP contribution in [0.1, 0.15) is 70.7 Å². The third-order valence-corrected chi connectivity index (χ3v) is 7.57. The first kappa shape index (κ1) is 31.1. The summed E-state index contributed by atoms with van der Waals surface area (Å²) in [7, 11) is 0. The van der Waals surface area contributed by atoms with Crippen LogP contribution in [0.3, 0.4) is 0 Å². The molecule has 1 amide bonds. The Morgan fingerprint density at radius 1 is 0.889 bits per heavy atom. The lowest BCUT2D eigenvalue weighted by Crippen LogP contribution is -2.29. The number of carbonyl (C=O) groups is 3. The van der Waals surface area contributed by atoms with E-state index < -0.39 is 18.0 Å². The van der Waals surface area contributed by atoms with Gasteiger partial charge < -0.3 is 28.9 Å². The molecular weight excluding hydrogens is 570 g/mol. The van der Waals surface area contributed by atoms with Gasteiger partial charge in [-0.3, -0.25) is 4.79 Å². The molecule has 1 atom stereocenters. The summed E-state index contributed by atoms with van der Waals surface area (Å²) in [5, 5.41) is 12.7. The van der Waals surface area contributed by atoms with E-state index in [1.165, 1.54) is 10.6 Å². The van der Waals surface area contributed by atoms with E-state index in [9.17, 15) is 19.5 Å². The maximum Gasteiger partial charge on any atom is 0.358 e. The van der Waals surface area contributed by atoms with Gasteiger partial charge in [0.15, 0.2) is 11.5 Å². The number of amides is 1. The van der Waals surface area contributed by atoms with Crippen molar-refractivity contribution in [2.24, 2.45) is 0 Å². The Morgan fingerprint density at radius 3 is 2.29 bits per heavy atom. The van der Waals surface area contributed by atoms with Crippen LogP contribution in [0.5, 0.6) is 0 Å². The number of aromatic nitrogens is 4. The van der Waals surface area contributed by atoms with E-state index in [1.807, 2.05) is 76.1 Å². The molecule has 0 aliphatic rings. The van der Waals surface area contributed by atoms with E-state index in [0.717, 1.165) is 29.8 Å². The van der Waals surface area contributed by atoms with Crippen LogP contribution in [0.4, 0.5) is 5.69 Å². The number of carboxylic acid groups (broad SMARTS) is 1. The number of carboxylic acids is 1. The summed E-state index contributed by atoms with van der Waals surface area (Å²) in [6.45, 7) is 4.53. The maximum absolute atomic E-state index is 13.6. The molecule has 5 aromatic rings. The Kier molecular flexibility index (Phi) is 9.93. The van der Waals surface area contributed by atoms with Crippen molar-refractivity contribution >= 4 is 23.5 Å². The summed E-state index contributed by atoms with van der Waals surface area (Å²) in [5.74, 6) is -0.539. The molecule has 10 nitrogen and oxygen atoms in total. The van der Waals surface area contributed by atoms with Crippen LogP contribution in [-0.2, 0) is 28.9 Å². The molecule has 0 bridgehead atoms. The Balaban J connectivity index is 1.41. The van der Waals surface area contributed by atoms with Gasteiger partial charge in [0.05, 0.1) is 6.61 Å². The number of hydrogen-bond donors (Lipinski definition) is 2. The van der Waals surface area contributed by atoms with Crippen LogP contribution in [0, 0.1) is 0 Å². The van der Waals surface area contributed by atoms with Gasteiger partial charge in [-0.05, 0) is 60.9 Å². The summed E-state index contributed by atoms with van der Waals surface area (Å²) in [4.78, 5) is 43.6. The second kappa shape index (κ2) is 14.4. The van der Waals surface area contributed by atoms with Crippen molar-refractivity contribution in [2.75, 3.05) is 11.9 Å². The maximum atomic E-state index is 13.6. The lowest BCUT2D eigenvalue weighted by molar-refractivity contribution is -0.119. The first-order valence-electron chi connectivity index (χ1n) is 15.1. The van der Waals surface area contributed by atoms with Crippen LogP contribution in [0.25, 0.3) is 5.82 Å². The fourth-order valence-electron chi connectivity index (χ4n) is 5.34. The molecule has 5 rings (SSSR count). The molecule has 0 saturated heterocycles. The van der Waals surface area contributed by atoms with Crippen molar-refractivity contribution < 1.29 is 24.2 Å². The standard InChI is InChI=1S/C35H37N5O5/c1-3-5-15-30-37-32(38-20-9-10-21-38)31(35(44)45-4-2)40(30)24-26-16-18-27(19-17-26)36-33(41)29(23-25-12-7-6-8-13-25)39-22-11-14-28(39)34(42)43/h6-14,16-22,29H,3-5,15,23-24H2,1-2H3,(H,36,41)(H,42,43)/t29-/m0/s1. The van der Waals surface area contributed by atoms with Gasteiger partial charge in [0.25, 0.3) is 0 Å². The van der Waals surface area contributed by atoms with Crippen LogP contribution in [0.15, 0.2) is 97.5 Å². The fourth-order valence-corrected chi connectivity index (χ4v) is 5.34. The highest BCUT2D eigenvalue weighted by Gasteiger charge is 2.27. The molecule has 0 radical (unpaired) electrons. The van der Waals surface area contributed by atoms with E-state index in [4.69, 9.17) is 9.72 Å². The molecule has 2 aromatic carbocycles. The Morgan fingerprint density at radius 2 is 1.62 bits per heavy atom. The first-order valence-corrected chi connectivity index (χ1v) is 15.1. The highest BCUT2D eigenvalue weighted by molar-refractivity contribution is 5.95. The highest BCUT2D eigenvalue weighted by Crippen LogP contribution is 2.24. The minimum absolute atomic E-state index is 0.0392. The van der Waals surface area contributed by atoms with Crippen molar-refractivity contribution in [1.29, 1.82) is 0 Å². The predicted molar refractivity (Wildman–Crippen MR) is 171 cm³/mol. The first-order chi connectivity index (χ1) is 21.9. The summed E-state index contributed by atoms with van der Waals surface area (Å²) < 4.78 is 10.7. The lowest BCUT2D eigenvalue weighted by Gasteiger charge is -2.21. The summed E-state index contributed by atoms with van der Waals surface area (Å²) in [5.41, 5.74) is 2.82. The second-order valence-corrected chi connectivity index (χ2v) is 10.7. The predicted octanol–water partition coefficient (Wildman–Crippen LogP) is 6.16. The number of aromatic carboxylic acids is 1. The van der Waals surface area contributed by atoms with E-state index in [-0.39, 0.29) is 18.2 Å². The molecule has 10 heteroatoms. The zero-order valence-corrected chi connectivity index (χ0v) is 25.4. The smallest absolute Gasteiger partial charge is 0.358 e. The van der Waals surface area contributed by atoms with Crippen molar-refractivity contribution in [1.82, 2.24) is 18.7 Å². The van der Waals surface area contributed by atoms with E-state index in [0.29, 0.717) is 36.6 Å². The number of benzene rings is 2. The second-order valence-electron chi connectivity index (χ2n) is 10.7.